The molecule has 0 aliphatic heterocycles. The molecule has 1 amide bonds. The average molecular weight is 328 g/mol. The maximum Gasteiger partial charge on any atom is 0.256 e. The van der Waals surface area contributed by atoms with Crippen LogP contribution in [-0.4, -0.2) is 31.5 Å². The Morgan fingerprint density at radius 3 is 2.96 bits per heavy atom. The number of hydrogen-bond donors (Lipinski definition) is 2. The number of rotatable bonds is 5. The monoisotopic (exact) mass is 328 g/mol. The number of halogens is 1. The minimum absolute atomic E-state index is 0.0147. The first kappa shape index (κ1) is 15.9. The zero-order valence-corrected chi connectivity index (χ0v) is 13.3. The highest BCUT2D eigenvalue weighted by atomic mass is 19.1. The summed E-state index contributed by atoms with van der Waals surface area (Å²) in [5, 5.41) is 9.93. The van der Waals surface area contributed by atoms with E-state index in [-0.39, 0.29) is 24.3 Å². The van der Waals surface area contributed by atoms with Gasteiger partial charge in [-0.25, -0.2) is 13.9 Å². The summed E-state index contributed by atoms with van der Waals surface area (Å²) in [5.74, 6) is -0.112. The van der Waals surface area contributed by atoms with E-state index < -0.39 is 0 Å². The molecular formula is C16H17FN6O. The molecule has 0 aromatic carbocycles. The molecule has 0 aliphatic rings. The van der Waals surface area contributed by atoms with Crippen LogP contribution in [0.3, 0.4) is 0 Å². The Morgan fingerprint density at radius 2 is 2.21 bits per heavy atom. The van der Waals surface area contributed by atoms with Crippen LogP contribution in [0.15, 0.2) is 36.8 Å². The molecule has 0 saturated carbocycles. The summed E-state index contributed by atoms with van der Waals surface area (Å²) in [4.78, 5) is 20.5. The molecule has 0 aliphatic carbocycles. The molecule has 0 saturated heterocycles. The SMILES string of the molecule is CC(C)NC(=O)c1cnn2ccc(NCc3ncccc3F)nc12. The summed E-state index contributed by atoms with van der Waals surface area (Å²) in [6.45, 7) is 3.95. The fourth-order valence-corrected chi connectivity index (χ4v) is 2.19. The smallest absolute Gasteiger partial charge is 0.256 e. The second-order valence-electron chi connectivity index (χ2n) is 5.55. The van der Waals surface area contributed by atoms with Gasteiger partial charge in [-0.15, -0.1) is 0 Å². The Hall–Kier alpha value is -3.03. The van der Waals surface area contributed by atoms with Crippen LogP contribution >= 0.6 is 0 Å². The highest BCUT2D eigenvalue weighted by molar-refractivity contribution is 5.99. The van der Waals surface area contributed by atoms with Crippen molar-refractivity contribution in [2.75, 3.05) is 5.32 Å². The maximum atomic E-state index is 13.6. The van der Waals surface area contributed by atoms with Gasteiger partial charge in [0.1, 0.15) is 17.2 Å². The molecule has 0 spiro atoms. The van der Waals surface area contributed by atoms with Gasteiger partial charge in [0.2, 0.25) is 0 Å². The lowest BCUT2D eigenvalue weighted by Gasteiger charge is -2.08. The first-order chi connectivity index (χ1) is 11.5. The van der Waals surface area contributed by atoms with E-state index in [0.717, 1.165) is 0 Å². The van der Waals surface area contributed by atoms with Crippen molar-refractivity contribution in [1.29, 1.82) is 0 Å². The Bertz CT molecular complexity index is 876. The topological polar surface area (TPSA) is 84.2 Å². The lowest BCUT2D eigenvalue weighted by Crippen LogP contribution is -2.30. The van der Waals surface area contributed by atoms with Gasteiger partial charge in [0, 0.05) is 18.4 Å². The van der Waals surface area contributed by atoms with E-state index in [4.69, 9.17) is 0 Å². The second kappa shape index (κ2) is 6.61. The first-order valence-corrected chi connectivity index (χ1v) is 7.53. The van der Waals surface area contributed by atoms with Gasteiger partial charge >= 0.3 is 0 Å². The van der Waals surface area contributed by atoms with Crippen molar-refractivity contribution in [2.45, 2.75) is 26.4 Å². The summed E-state index contributed by atoms with van der Waals surface area (Å²) < 4.78 is 15.1. The highest BCUT2D eigenvalue weighted by Crippen LogP contribution is 2.13. The number of carbonyl (C=O) groups is 1. The molecule has 3 heterocycles. The van der Waals surface area contributed by atoms with Crippen molar-refractivity contribution in [2.24, 2.45) is 0 Å². The molecule has 3 aromatic heterocycles. The zero-order chi connectivity index (χ0) is 17.1. The van der Waals surface area contributed by atoms with Crippen LogP contribution in [0.5, 0.6) is 0 Å². The normalized spacial score (nSPS) is 11.0. The van der Waals surface area contributed by atoms with E-state index in [2.05, 4.69) is 25.7 Å². The third-order valence-corrected chi connectivity index (χ3v) is 3.31. The van der Waals surface area contributed by atoms with Gasteiger partial charge in [0.05, 0.1) is 18.4 Å². The van der Waals surface area contributed by atoms with E-state index in [1.54, 1.807) is 12.3 Å². The minimum Gasteiger partial charge on any atom is -0.364 e. The van der Waals surface area contributed by atoms with Gasteiger partial charge in [-0.3, -0.25) is 9.78 Å². The number of aromatic nitrogens is 4. The summed E-state index contributed by atoms with van der Waals surface area (Å²) >= 11 is 0. The lowest BCUT2D eigenvalue weighted by molar-refractivity contribution is 0.0944. The quantitative estimate of drug-likeness (QED) is 0.748. The van der Waals surface area contributed by atoms with E-state index in [0.29, 0.717) is 22.7 Å². The lowest BCUT2D eigenvalue weighted by atomic mass is 10.3. The van der Waals surface area contributed by atoms with Gasteiger partial charge in [-0.05, 0) is 32.0 Å². The van der Waals surface area contributed by atoms with Crippen LogP contribution in [0.1, 0.15) is 29.9 Å². The molecule has 2 N–H and O–H groups in total. The summed E-state index contributed by atoms with van der Waals surface area (Å²) in [6.07, 6.45) is 4.69. The third kappa shape index (κ3) is 3.32. The van der Waals surface area contributed by atoms with E-state index in [1.165, 1.54) is 29.0 Å². The number of amides is 1. The molecule has 0 fully saturated rings. The number of nitrogens with one attached hydrogen (secondary N) is 2. The molecule has 24 heavy (non-hydrogen) atoms. The van der Waals surface area contributed by atoms with E-state index in [1.807, 2.05) is 13.8 Å². The molecule has 3 rings (SSSR count). The predicted molar refractivity (Wildman–Crippen MR) is 87.1 cm³/mol. The van der Waals surface area contributed by atoms with Crippen LogP contribution in [0.4, 0.5) is 10.2 Å². The number of anilines is 1. The van der Waals surface area contributed by atoms with Crippen LogP contribution in [-0.2, 0) is 6.54 Å². The molecular weight excluding hydrogens is 311 g/mol. The standard InChI is InChI=1S/C16H17FN6O/c1-10(2)21-16(24)11-8-20-23-7-5-14(22-15(11)23)19-9-13-12(17)4-3-6-18-13/h3-8,10H,9H2,1-2H3,(H,19,22)(H,21,24). The van der Waals surface area contributed by atoms with Gasteiger partial charge in [-0.2, -0.15) is 5.10 Å². The maximum absolute atomic E-state index is 13.6. The van der Waals surface area contributed by atoms with E-state index >= 15 is 0 Å². The van der Waals surface area contributed by atoms with Crippen molar-refractivity contribution in [3.63, 3.8) is 0 Å². The van der Waals surface area contributed by atoms with Crippen molar-refractivity contribution in [3.05, 3.63) is 53.9 Å². The van der Waals surface area contributed by atoms with Crippen molar-refractivity contribution >= 4 is 17.4 Å². The highest BCUT2D eigenvalue weighted by Gasteiger charge is 2.15. The molecule has 0 radical (unpaired) electrons. The minimum atomic E-state index is -0.382. The number of nitrogens with zero attached hydrogens (tertiary/aromatic N) is 4. The van der Waals surface area contributed by atoms with Crippen molar-refractivity contribution in [3.8, 4) is 0 Å². The number of hydrogen-bond acceptors (Lipinski definition) is 5. The fourth-order valence-electron chi connectivity index (χ4n) is 2.19. The van der Waals surface area contributed by atoms with E-state index in [9.17, 15) is 9.18 Å². The zero-order valence-electron chi connectivity index (χ0n) is 13.3. The molecule has 8 heteroatoms. The third-order valence-electron chi connectivity index (χ3n) is 3.31. The van der Waals surface area contributed by atoms with Gasteiger partial charge in [-0.1, -0.05) is 0 Å². The van der Waals surface area contributed by atoms with Gasteiger partial charge < -0.3 is 10.6 Å². The van der Waals surface area contributed by atoms with Crippen LogP contribution in [0.2, 0.25) is 0 Å². The second-order valence-corrected chi connectivity index (χ2v) is 5.55. The molecule has 0 unspecified atom stereocenters. The van der Waals surface area contributed by atoms with Crippen molar-refractivity contribution < 1.29 is 9.18 Å². The Balaban J connectivity index is 1.82. The van der Waals surface area contributed by atoms with Crippen LogP contribution in [0.25, 0.3) is 5.65 Å². The number of carbonyl (C=O) groups excluding carboxylic acids is 1. The number of pyridine rings is 1. The first-order valence-electron chi connectivity index (χ1n) is 7.53. The fraction of sp³-hybridized carbons (Fsp3) is 0.250. The van der Waals surface area contributed by atoms with Crippen LogP contribution < -0.4 is 10.6 Å². The predicted octanol–water partition coefficient (Wildman–Crippen LogP) is 2.01. The summed E-state index contributed by atoms with van der Waals surface area (Å²) in [6, 6.07) is 4.60. The molecule has 0 atom stereocenters. The molecule has 124 valence electrons. The molecule has 3 aromatic rings. The summed E-state index contributed by atoms with van der Waals surface area (Å²) in [7, 11) is 0. The Labute approximate surface area is 137 Å². The van der Waals surface area contributed by atoms with Crippen molar-refractivity contribution in [1.82, 2.24) is 24.9 Å². The largest absolute Gasteiger partial charge is 0.364 e. The Morgan fingerprint density at radius 1 is 1.38 bits per heavy atom. The van der Waals surface area contributed by atoms with Gasteiger partial charge in [0.25, 0.3) is 5.91 Å². The molecule has 7 nitrogen and oxygen atoms in total. The average Bonchev–Trinajstić information content (AvgIpc) is 2.96. The van der Waals surface area contributed by atoms with Crippen LogP contribution in [0, 0.1) is 5.82 Å². The summed E-state index contributed by atoms with van der Waals surface area (Å²) in [5.41, 5.74) is 1.11. The van der Waals surface area contributed by atoms with Gasteiger partial charge in [0.15, 0.2) is 5.65 Å². The molecule has 0 bridgehead atoms. The number of fused-ring (bicyclic) bond motifs is 1. The Kier molecular flexibility index (Phi) is 4.37.